The largest absolute Gasteiger partial charge is 0.494 e. The molecule has 0 radical (unpaired) electrons. The second-order valence-corrected chi connectivity index (χ2v) is 5.38. The van der Waals surface area contributed by atoms with Gasteiger partial charge in [0.25, 0.3) is 0 Å². The first-order chi connectivity index (χ1) is 9.27. The average molecular weight is 367 g/mol. The van der Waals surface area contributed by atoms with Crippen LogP contribution in [0.1, 0.15) is 24.1 Å². The summed E-state index contributed by atoms with van der Waals surface area (Å²) in [7, 11) is 1.98. The Kier molecular flexibility index (Phi) is 5.22. The molecule has 0 bridgehead atoms. The van der Waals surface area contributed by atoms with E-state index in [1.165, 1.54) is 14.7 Å². The lowest BCUT2D eigenvalue weighted by Crippen LogP contribution is -2.19. The third-order valence-corrected chi connectivity index (χ3v) is 4.02. The number of halogens is 1. The van der Waals surface area contributed by atoms with Crippen molar-refractivity contribution < 1.29 is 4.74 Å². The third kappa shape index (κ3) is 3.28. The highest BCUT2D eigenvalue weighted by molar-refractivity contribution is 14.1. The van der Waals surface area contributed by atoms with E-state index >= 15 is 0 Å². The summed E-state index contributed by atoms with van der Waals surface area (Å²) in [5.74, 6) is 0.948. The van der Waals surface area contributed by atoms with Crippen molar-refractivity contribution in [3.8, 4) is 5.75 Å². The fraction of sp³-hybridized carbons (Fsp3) is 0.250. The molecule has 0 amide bonds. The van der Waals surface area contributed by atoms with Crippen LogP contribution in [0.15, 0.2) is 48.5 Å². The molecule has 0 aliphatic rings. The quantitative estimate of drug-likeness (QED) is 0.807. The molecule has 2 aromatic rings. The van der Waals surface area contributed by atoms with E-state index in [1.54, 1.807) is 0 Å². The minimum Gasteiger partial charge on any atom is -0.494 e. The highest BCUT2D eigenvalue weighted by Crippen LogP contribution is 2.31. The highest BCUT2D eigenvalue weighted by atomic mass is 127. The molecule has 0 fully saturated rings. The number of ether oxygens (including phenoxy) is 1. The van der Waals surface area contributed by atoms with Gasteiger partial charge in [0.1, 0.15) is 5.75 Å². The first kappa shape index (κ1) is 14.3. The SMILES string of the molecule is CCOc1ccccc1C(NC)c1ccccc1I. The van der Waals surface area contributed by atoms with E-state index in [-0.39, 0.29) is 6.04 Å². The molecule has 1 atom stereocenters. The Hall–Kier alpha value is -1.07. The van der Waals surface area contributed by atoms with Crippen LogP contribution in [0.3, 0.4) is 0 Å². The van der Waals surface area contributed by atoms with Gasteiger partial charge in [-0.3, -0.25) is 0 Å². The molecule has 2 nitrogen and oxygen atoms in total. The molecule has 3 heteroatoms. The second-order valence-electron chi connectivity index (χ2n) is 4.21. The van der Waals surface area contributed by atoms with E-state index in [2.05, 4.69) is 64.3 Å². The third-order valence-electron chi connectivity index (χ3n) is 3.03. The Morgan fingerprint density at radius 3 is 2.32 bits per heavy atom. The maximum atomic E-state index is 5.74. The van der Waals surface area contributed by atoms with Gasteiger partial charge in [0, 0.05) is 9.13 Å². The number of hydrogen-bond acceptors (Lipinski definition) is 2. The van der Waals surface area contributed by atoms with Crippen LogP contribution >= 0.6 is 22.6 Å². The van der Waals surface area contributed by atoms with Gasteiger partial charge in [-0.25, -0.2) is 0 Å². The van der Waals surface area contributed by atoms with Crippen LogP contribution in [0.25, 0.3) is 0 Å². The van der Waals surface area contributed by atoms with Crippen LogP contribution < -0.4 is 10.1 Å². The lowest BCUT2D eigenvalue weighted by atomic mass is 9.98. The average Bonchev–Trinajstić information content (AvgIpc) is 2.44. The minimum absolute atomic E-state index is 0.149. The Balaban J connectivity index is 2.45. The molecule has 0 spiro atoms. The van der Waals surface area contributed by atoms with Crippen molar-refractivity contribution in [3.63, 3.8) is 0 Å². The Morgan fingerprint density at radius 2 is 1.68 bits per heavy atom. The van der Waals surface area contributed by atoms with E-state index in [9.17, 15) is 0 Å². The molecule has 0 aliphatic carbocycles. The van der Waals surface area contributed by atoms with E-state index in [4.69, 9.17) is 4.74 Å². The summed E-state index contributed by atoms with van der Waals surface area (Å²) in [6, 6.07) is 16.8. The molecule has 2 aromatic carbocycles. The first-order valence-corrected chi connectivity index (χ1v) is 7.49. The molecule has 0 aliphatic heterocycles. The normalized spacial score (nSPS) is 12.2. The Bertz CT molecular complexity index is 542. The van der Waals surface area contributed by atoms with Crippen LogP contribution in [-0.4, -0.2) is 13.7 Å². The standard InChI is InChI=1S/C16H18INO/c1-3-19-15-11-7-5-9-13(15)16(18-2)12-8-4-6-10-14(12)17/h4-11,16,18H,3H2,1-2H3. The lowest BCUT2D eigenvalue weighted by molar-refractivity contribution is 0.334. The predicted octanol–water partition coefficient (Wildman–Crippen LogP) is 4.00. The Morgan fingerprint density at radius 1 is 1.05 bits per heavy atom. The van der Waals surface area contributed by atoms with E-state index in [1.807, 2.05) is 26.1 Å². The lowest BCUT2D eigenvalue weighted by Gasteiger charge is -2.21. The fourth-order valence-electron chi connectivity index (χ4n) is 2.19. The topological polar surface area (TPSA) is 21.3 Å². The summed E-state index contributed by atoms with van der Waals surface area (Å²) in [5, 5.41) is 3.39. The van der Waals surface area contributed by atoms with E-state index in [0.29, 0.717) is 6.61 Å². The van der Waals surface area contributed by atoms with Gasteiger partial charge in [-0.2, -0.15) is 0 Å². The first-order valence-electron chi connectivity index (χ1n) is 6.41. The van der Waals surface area contributed by atoms with Gasteiger partial charge in [0.2, 0.25) is 0 Å². The van der Waals surface area contributed by atoms with Gasteiger partial charge in [-0.05, 0) is 54.3 Å². The van der Waals surface area contributed by atoms with Crippen molar-refractivity contribution in [1.82, 2.24) is 5.32 Å². The zero-order valence-corrected chi connectivity index (χ0v) is 13.3. The molecule has 100 valence electrons. The van der Waals surface area contributed by atoms with Gasteiger partial charge in [-0.1, -0.05) is 36.4 Å². The molecule has 0 heterocycles. The van der Waals surface area contributed by atoms with Gasteiger partial charge < -0.3 is 10.1 Å². The van der Waals surface area contributed by atoms with Gasteiger partial charge in [-0.15, -0.1) is 0 Å². The molecule has 1 unspecified atom stereocenters. The van der Waals surface area contributed by atoms with Crippen LogP contribution in [-0.2, 0) is 0 Å². The summed E-state index contributed by atoms with van der Waals surface area (Å²) in [6.07, 6.45) is 0. The second kappa shape index (κ2) is 6.91. The van der Waals surface area contributed by atoms with Crippen LogP contribution in [0.5, 0.6) is 5.75 Å². The predicted molar refractivity (Wildman–Crippen MR) is 87.7 cm³/mol. The Labute approximate surface area is 128 Å². The monoisotopic (exact) mass is 367 g/mol. The zero-order valence-electron chi connectivity index (χ0n) is 11.2. The molecule has 19 heavy (non-hydrogen) atoms. The van der Waals surface area contributed by atoms with E-state index < -0.39 is 0 Å². The molecular formula is C16H18INO. The van der Waals surface area contributed by atoms with Crippen molar-refractivity contribution in [1.29, 1.82) is 0 Å². The van der Waals surface area contributed by atoms with Crippen LogP contribution in [0.2, 0.25) is 0 Å². The summed E-state index contributed by atoms with van der Waals surface area (Å²) in [4.78, 5) is 0. The van der Waals surface area contributed by atoms with Crippen molar-refractivity contribution in [3.05, 3.63) is 63.2 Å². The fourth-order valence-corrected chi connectivity index (χ4v) is 2.89. The smallest absolute Gasteiger partial charge is 0.124 e. The van der Waals surface area contributed by atoms with Gasteiger partial charge in [0.15, 0.2) is 0 Å². The number of para-hydroxylation sites is 1. The highest BCUT2D eigenvalue weighted by Gasteiger charge is 2.18. The van der Waals surface area contributed by atoms with Crippen molar-refractivity contribution in [2.24, 2.45) is 0 Å². The van der Waals surface area contributed by atoms with Crippen LogP contribution in [0.4, 0.5) is 0 Å². The van der Waals surface area contributed by atoms with Crippen molar-refractivity contribution in [2.75, 3.05) is 13.7 Å². The maximum Gasteiger partial charge on any atom is 0.124 e. The number of benzene rings is 2. The summed E-state index contributed by atoms with van der Waals surface area (Å²) in [5.41, 5.74) is 2.45. The molecule has 0 aromatic heterocycles. The number of nitrogens with one attached hydrogen (secondary N) is 1. The van der Waals surface area contributed by atoms with E-state index in [0.717, 1.165) is 5.75 Å². The van der Waals surface area contributed by atoms with Crippen molar-refractivity contribution >= 4 is 22.6 Å². The molecule has 0 saturated heterocycles. The molecule has 1 N–H and O–H groups in total. The molecule has 0 saturated carbocycles. The summed E-state index contributed by atoms with van der Waals surface area (Å²) in [6.45, 7) is 2.69. The van der Waals surface area contributed by atoms with Gasteiger partial charge >= 0.3 is 0 Å². The van der Waals surface area contributed by atoms with Gasteiger partial charge in [0.05, 0.1) is 12.6 Å². The van der Waals surface area contributed by atoms with Crippen LogP contribution in [0, 0.1) is 3.57 Å². The number of hydrogen-bond donors (Lipinski definition) is 1. The maximum absolute atomic E-state index is 5.74. The zero-order chi connectivity index (χ0) is 13.7. The van der Waals surface area contributed by atoms with Crippen molar-refractivity contribution in [2.45, 2.75) is 13.0 Å². The summed E-state index contributed by atoms with van der Waals surface area (Å²) < 4.78 is 6.99. The summed E-state index contributed by atoms with van der Waals surface area (Å²) >= 11 is 2.38. The molecule has 2 rings (SSSR count). The number of rotatable bonds is 5. The minimum atomic E-state index is 0.149. The molecular weight excluding hydrogens is 349 g/mol.